The molecule has 1 N–H and O–H groups in total. The van der Waals surface area contributed by atoms with Crippen LogP contribution in [0.25, 0.3) is 0 Å². The quantitative estimate of drug-likeness (QED) is 0.390. The molecule has 1 unspecified atom stereocenters. The van der Waals surface area contributed by atoms with Gasteiger partial charge in [0, 0.05) is 5.75 Å². The van der Waals surface area contributed by atoms with Gasteiger partial charge in [-0.25, -0.2) is 0 Å². The van der Waals surface area contributed by atoms with E-state index in [1.807, 2.05) is 0 Å². The number of nitrogens with one attached hydrogen (secondary N) is 1. The molecule has 0 aliphatic rings. The lowest BCUT2D eigenvalue weighted by molar-refractivity contribution is -0.117. The van der Waals surface area contributed by atoms with Gasteiger partial charge in [0.15, 0.2) is 0 Å². The zero-order valence-corrected chi connectivity index (χ0v) is 13.3. The third-order valence-corrected chi connectivity index (χ3v) is 5.77. The molecular weight excluding hydrogens is 381 g/mol. The molecule has 0 aromatic heterocycles. The molecule has 0 aromatic rings. The summed E-state index contributed by atoms with van der Waals surface area (Å²) in [5.41, 5.74) is 0. The van der Waals surface area contributed by atoms with Gasteiger partial charge in [0.1, 0.15) is 3.74 Å². The van der Waals surface area contributed by atoms with Crippen LogP contribution in [0.5, 0.6) is 0 Å². The molecule has 1 atom stereocenters. The zero-order valence-electron chi connectivity index (χ0n) is 8.40. The highest BCUT2D eigenvalue weighted by atomic mass is 79.9. The number of carbonyl (C=O) groups is 1. The maximum Gasteiger partial charge on any atom is 0.353 e. The summed E-state index contributed by atoms with van der Waals surface area (Å²) >= 11 is 7.02. The fraction of sp³-hybridized carbons (Fsp3) is 0.375. The second-order valence-corrected chi connectivity index (χ2v) is 9.79. The van der Waals surface area contributed by atoms with Gasteiger partial charge in [0.05, 0.1) is 6.61 Å². The summed E-state index contributed by atoms with van der Waals surface area (Å²) < 4.78 is 16.6. The molecule has 0 radical (unpaired) electrons. The van der Waals surface area contributed by atoms with E-state index in [4.69, 9.17) is 4.52 Å². The molecule has 0 aliphatic heterocycles. The summed E-state index contributed by atoms with van der Waals surface area (Å²) in [4.78, 5) is 11.4. The standard InChI is InChI=1S/C8H12Br2NO3PS/c1-3-5-14-15(13,16-6-4-2)11-8(12)7(9)10/h3-4,7H,1-2,5-6H2,(H,11,12,13). The Morgan fingerprint density at radius 1 is 1.50 bits per heavy atom. The largest absolute Gasteiger partial charge is 0.353 e. The SMILES string of the molecule is C=CCOP(=O)(NC(=O)C(Br)Br)SCC=C. The third kappa shape index (κ3) is 6.91. The monoisotopic (exact) mass is 391 g/mol. The third-order valence-electron chi connectivity index (χ3n) is 1.17. The van der Waals surface area contributed by atoms with Crippen LogP contribution in [-0.2, 0) is 13.9 Å². The van der Waals surface area contributed by atoms with E-state index in [0.717, 1.165) is 11.4 Å². The minimum absolute atomic E-state index is 0.108. The number of hydrogen-bond acceptors (Lipinski definition) is 4. The first-order valence-electron chi connectivity index (χ1n) is 4.16. The Labute approximate surface area is 116 Å². The highest BCUT2D eigenvalue weighted by molar-refractivity contribution is 9.25. The maximum atomic E-state index is 12.1. The second-order valence-electron chi connectivity index (χ2n) is 2.44. The van der Waals surface area contributed by atoms with Gasteiger partial charge < -0.3 is 4.52 Å². The van der Waals surface area contributed by atoms with Crippen LogP contribution in [0.2, 0.25) is 0 Å². The van der Waals surface area contributed by atoms with Crippen molar-refractivity contribution in [1.82, 2.24) is 5.09 Å². The van der Waals surface area contributed by atoms with Gasteiger partial charge in [0.2, 0.25) is 0 Å². The minimum atomic E-state index is -3.25. The Kier molecular flexibility index (Phi) is 8.77. The lowest BCUT2D eigenvalue weighted by atomic mass is 10.7. The lowest BCUT2D eigenvalue weighted by Crippen LogP contribution is -2.25. The van der Waals surface area contributed by atoms with Crippen molar-refractivity contribution in [1.29, 1.82) is 0 Å². The first-order chi connectivity index (χ1) is 7.45. The van der Waals surface area contributed by atoms with Crippen molar-refractivity contribution >= 4 is 55.9 Å². The Morgan fingerprint density at radius 2 is 2.12 bits per heavy atom. The molecule has 0 saturated heterocycles. The Bertz CT molecular complexity index is 296. The van der Waals surface area contributed by atoms with Crippen LogP contribution in [0.3, 0.4) is 0 Å². The summed E-state index contributed by atoms with van der Waals surface area (Å²) in [7, 11) is 0. The van der Waals surface area contributed by atoms with Crippen molar-refractivity contribution in [3.05, 3.63) is 25.3 Å². The van der Waals surface area contributed by atoms with E-state index in [1.54, 1.807) is 6.08 Å². The van der Waals surface area contributed by atoms with E-state index < -0.39 is 16.4 Å². The fourth-order valence-corrected chi connectivity index (χ4v) is 4.15. The first kappa shape index (κ1) is 16.4. The van der Waals surface area contributed by atoms with Crippen molar-refractivity contribution in [2.45, 2.75) is 3.74 Å². The number of rotatable bonds is 8. The van der Waals surface area contributed by atoms with Crippen molar-refractivity contribution in [2.24, 2.45) is 0 Å². The van der Waals surface area contributed by atoms with Gasteiger partial charge in [-0.05, 0) is 11.4 Å². The summed E-state index contributed by atoms with van der Waals surface area (Å²) in [6.07, 6.45) is 3.05. The Morgan fingerprint density at radius 3 is 2.56 bits per heavy atom. The predicted molar refractivity (Wildman–Crippen MR) is 76.2 cm³/mol. The molecule has 4 nitrogen and oxygen atoms in total. The molecule has 92 valence electrons. The van der Waals surface area contributed by atoms with Crippen molar-refractivity contribution in [3.8, 4) is 0 Å². The molecule has 0 rings (SSSR count). The molecule has 16 heavy (non-hydrogen) atoms. The van der Waals surface area contributed by atoms with E-state index in [2.05, 4.69) is 50.1 Å². The molecular formula is C8H12Br2NO3PS. The maximum absolute atomic E-state index is 12.1. The van der Waals surface area contributed by atoms with Crippen LogP contribution in [0, 0.1) is 0 Å². The van der Waals surface area contributed by atoms with Gasteiger partial charge in [-0.15, -0.1) is 13.2 Å². The molecule has 8 heteroatoms. The van der Waals surface area contributed by atoms with E-state index in [-0.39, 0.29) is 6.61 Å². The van der Waals surface area contributed by atoms with Crippen LogP contribution in [-0.4, -0.2) is 22.0 Å². The summed E-state index contributed by atoms with van der Waals surface area (Å²) in [6.45, 7) is 3.82. The molecule has 0 bridgehead atoms. The van der Waals surface area contributed by atoms with E-state index in [1.165, 1.54) is 6.08 Å². The Balaban J connectivity index is 4.51. The smallest absolute Gasteiger partial charge is 0.302 e. The average Bonchev–Trinajstić information content (AvgIpc) is 2.23. The van der Waals surface area contributed by atoms with Crippen LogP contribution in [0.1, 0.15) is 0 Å². The van der Waals surface area contributed by atoms with Crippen molar-refractivity contribution < 1.29 is 13.9 Å². The summed E-state index contributed by atoms with van der Waals surface area (Å²) in [5.74, 6) is -0.0341. The first-order valence-corrected chi connectivity index (χ1v) is 9.21. The van der Waals surface area contributed by atoms with E-state index in [9.17, 15) is 9.36 Å². The van der Waals surface area contributed by atoms with Crippen molar-refractivity contribution in [3.63, 3.8) is 0 Å². The molecule has 0 aliphatic carbocycles. The van der Waals surface area contributed by atoms with Gasteiger partial charge in [-0.1, -0.05) is 44.0 Å². The van der Waals surface area contributed by atoms with Crippen LogP contribution < -0.4 is 5.09 Å². The van der Waals surface area contributed by atoms with Crippen molar-refractivity contribution in [2.75, 3.05) is 12.4 Å². The molecule has 1 amide bonds. The number of amides is 1. The van der Waals surface area contributed by atoms with E-state index in [0.29, 0.717) is 5.75 Å². The van der Waals surface area contributed by atoms with Gasteiger partial charge in [0.25, 0.3) is 5.91 Å². The molecule has 0 heterocycles. The van der Waals surface area contributed by atoms with Gasteiger partial charge >= 0.3 is 6.72 Å². The van der Waals surface area contributed by atoms with Gasteiger partial charge in [-0.2, -0.15) is 0 Å². The second kappa shape index (κ2) is 8.53. The van der Waals surface area contributed by atoms with Gasteiger partial charge in [-0.3, -0.25) is 14.4 Å². The van der Waals surface area contributed by atoms with Crippen LogP contribution >= 0.6 is 50.0 Å². The lowest BCUT2D eigenvalue weighted by Gasteiger charge is -2.17. The highest BCUT2D eigenvalue weighted by Gasteiger charge is 2.27. The number of carbonyl (C=O) groups excluding carboxylic acids is 1. The normalized spacial score (nSPS) is 14.2. The average molecular weight is 393 g/mol. The highest BCUT2D eigenvalue weighted by Crippen LogP contribution is 2.56. The summed E-state index contributed by atoms with van der Waals surface area (Å²) in [5, 5.41) is 2.33. The van der Waals surface area contributed by atoms with Crippen LogP contribution in [0.15, 0.2) is 25.3 Å². The number of halogens is 2. The molecule has 0 aromatic carbocycles. The zero-order chi connectivity index (χ0) is 12.6. The topological polar surface area (TPSA) is 55.4 Å². The summed E-state index contributed by atoms with van der Waals surface area (Å²) in [6, 6.07) is 0. The Hall–Kier alpha value is 0.450. The van der Waals surface area contributed by atoms with Crippen LogP contribution in [0.4, 0.5) is 0 Å². The number of alkyl halides is 2. The number of hydrogen-bond donors (Lipinski definition) is 1. The fourth-order valence-electron chi connectivity index (χ4n) is 0.587. The van der Waals surface area contributed by atoms with E-state index >= 15 is 0 Å². The molecule has 0 fully saturated rings. The minimum Gasteiger partial charge on any atom is -0.302 e. The predicted octanol–water partition coefficient (Wildman–Crippen LogP) is 3.45. The molecule has 0 saturated carbocycles. The molecule has 0 spiro atoms.